The first-order chi connectivity index (χ1) is 12.6. The van der Waals surface area contributed by atoms with Crippen LogP contribution < -0.4 is 14.8 Å². The van der Waals surface area contributed by atoms with E-state index in [9.17, 15) is 4.79 Å². The maximum Gasteiger partial charge on any atom is 0.273 e. The molecular weight excluding hydrogens is 332 g/mol. The van der Waals surface area contributed by atoms with Crippen LogP contribution in [-0.2, 0) is 6.54 Å². The lowest BCUT2D eigenvalue weighted by molar-refractivity contribution is 0.0945. The molecular formula is C20H18N2O4. The number of nitrogens with zero attached hydrogens (tertiary/aromatic N) is 1. The van der Waals surface area contributed by atoms with E-state index in [1.807, 2.05) is 49.4 Å². The van der Waals surface area contributed by atoms with Crippen LogP contribution in [0.2, 0.25) is 0 Å². The molecule has 6 nitrogen and oxygen atoms in total. The van der Waals surface area contributed by atoms with Crippen LogP contribution in [0.3, 0.4) is 0 Å². The number of aryl methyl sites for hydroxylation is 2. The Kier molecular flexibility index (Phi) is 4.08. The van der Waals surface area contributed by atoms with Gasteiger partial charge in [-0.3, -0.25) is 4.79 Å². The van der Waals surface area contributed by atoms with E-state index in [2.05, 4.69) is 10.3 Å². The number of ether oxygens (including phenoxy) is 2. The largest absolute Gasteiger partial charge is 0.454 e. The molecule has 0 bridgehead atoms. The minimum absolute atomic E-state index is 0.227. The van der Waals surface area contributed by atoms with Gasteiger partial charge < -0.3 is 19.2 Å². The van der Waals surface area contributed by atoms with E-state index in [0.717, 1.165) is 22.4 Å². The molecule has 1 aromatic heterocycles. The monoisotopic (exact) mass is 350 g/mol. The summed E-state index contributed by atoms with van der Waals surface area (Å²) in [6, 6.07) is 13.4. The highest BCUT2D eigenvalue weighted by Crippen LogP contribution is 2.32. The number of amides is 1. The number of nitrogens with one attached hydrogen (secondary N) is 1. The molecule has 1 aliphatic rings. The van der Waals surface area contributed by atoms with E-state index in [0.29, 0.717) is 29.6 Å². The molecule has 4 rings (SSSR count). The van der Waals surface area contributed by atoms with Gasteiger partial charge in [-0.1, -0.05) is 24.3 Å². The van der Waals surface area contributed by atoms with Crippen molar-refractivity contribution in [2.75, 3.05) is 6.79 Å². The highest BCUT2D eigenvalue weighted by atomic mass is 16.7. The molecule has 26 heavy (non-hydrogen) atoms. The zero-order valence-electron chi connectivity index (χ0n) is 14.5. The van der Waals surface area contributed by atoms with Gasteiger partial charge in [0.25, 0.3) is 5.91 Å². The van der Waals surface area contributed by atoms with Crippen molar-refractivity contribution in [3.63, 3.8) is 0 Å². The van der Waals surface area contributed by atoms with Gasteiger partial charge in [0, 0.05) is 12.1 Å². The number of rotatable bonds is 4. The second kappa shape index (κ2) is 6.55. The lowest BCUT2D eigenvalue weighted by Gasteiger charge is -2.05. The van der Waals surface area contributed by atoms with Gasteiger partial charge in [0.1, 0.15) is 5.76 Å². The van der Waals surface area contributed by atoms with E-state index in [-0.39, 0.29) is 12.7 Å². The number of carbonyl (C=O) groups excluding carboxylic acids is 1. The van der Waals surface area contributed by atoms with Crippen molar-refractivity contribution in [2.24, 2.45) is 0 Å². The van der Waals surface area contributed by atoms with Crippen molar-refractivity contribution in [3.8, 4) is 23.0 Å². The Bertz CT molecular complexity index is 978. The van der Waals surface area contributed by atoms with E-state index >= 15 is 0 Å². The molecule has 3 aromatic rings. The summed E-state index contributed by atoms with van der Waals surface area (Å²) < 4.78 is 16.3. The zero-order valence-corrected chi connectivity index (χ0v) is 14.5. The summed E-state index contributed by atoms with van der Waals surface area (Å²) >= 11 is 0. The summed E-state index contributed by atoms with van der Waals surface area (Å²) in [6.07, 6.45) is 0. The molecule has 2 aromatic carbocycles. The first-order valence-electron chi connectivity index (χ1n) is 8.32. The van der Waals surface area contributed by atoms with Crippen LogP contribution in [0.15, 0.2) is 46.9 Å². The SMILES string of the molecule is Cc1ccccc1-c1nc(C(=O)NCc2ccc3c(c2)OCO3)c(C)o1. The molecule has 0 spiro atoms. The maximum absolute atomic E-state index is 12.5. The molecule has 6 heteroatoms. The predicted molar refractivity (Wildman–Crippen MR) is 95.1 cm³/mol. The molecule has 2 heterocycles. The average molecular weight is 350 g/mol. The minimum Gasteiger partial charge on any atom is -0.454 e. The molecule has 0 saturated heterocycles. The number of fused-ring (bicyclic) bond motifs is 1. The van der Waals surface area contributed by atoms with Crippen LogP contribution in [0.4, 0.5) is 0 Å². The molecule has 1 aliphatic heterocycles. The highest BCUT2D eigenvalue weighted by Gasteiger charge is 2.19. The van der Waals surface area contributed by atoms with Gasteiger partial charge >= 0.3 is 0 Å². The number of benzene rings is 2. The summed E-state index contributed by atoms with van der Waals surface area (Å²) in [7, 11) is 0. The maximum atomic E-state index is 12.5. The smallest absolute Gasteiger partial charge is 0.273 e. The molecule has 132 valence electrons. The van der Waals surface area contributed by atoms with Crippen LogP contribution in [-0.4, -0.2) is 17.7 Å². The Labute approximate surface area is 150 Å². The third-order valence-electron chi connectivity index (χ3n) is 4.28. The fourth-order valence-electron chi connectivity index (χ4n) is 2.85. The number of carbonyl (C=O) groups is 1. The first-order valence-corrected chi connectivity index (χ1v) is 8.32. The topological polar surface area (TPSA) is 73.6 Å². The summed E-state index contributed by atoms with van der Waals surface area (Å²) in [5, 5.41) is 2.87. The molecule has 0 atom stereocenters. The molecule has 0 unspecified atom stereocenters. The van der Waals surface area contributed by atoms with Crippen LogP contribution in [0.5, 0.6) is 11.5 Å². The number of aromatic nitrogens is 1. The average Bonchev–Trinajstić information content (AvgIpc) is 3.26. The zero-order chi connectivity index (χ0) is 18.1. The number of hydrogen-bond donors (Lipinski definition) is 1. The number of oxazole rings is 1. The van der Waals surface area contributed by atoms with E-state index in [1.165, 1.54) is 0 Å². The van der Waals surface area contributed by atoms with Crippen molar-refractivity contribution in [1.82, 2.24) is 10.3 Å². The Balaban J connectivity index is 1.49. The van der Waals surface area contributed by atoms with Crippen molar-refractivity contribution < 1.29 is 18.7 Å². The van der Waals surface area contributed by atoms with Crippen molar-refractivity contribution in [3.05, 3.63) is 65.0 Å². The second-order valence-corrected chi connectivity index (χ2v) is 6.11. The molecule has 1 N–H and O–H groups in total. The molecule has 0 fully saturated rings. The molecule has 1 amide bonds. The Morgan fingerprint density at radius 1 is 1.12 bits per heavy atom. The van der Waals surface area contributed by atoms with Gasteiger partial charge in [-0.2, -0.15) is 0 Å². The highest BCUT2D eigenvalue weighted by molar-refractivity contribution is 5.93. The normalized spacial score (nSPS) is 12.2. The van der Waals surface area contributed by atoms with E-state index < -0.39 is 0 Å². The Morgan fingerprint density at radius 3 is 2.77 bits per heavy atom. The Morgan fingerprint density at radius 2 is 1.92 bits per heavy atom. The van der Waals surface area contributed by atoms with Gasteiger partial charge in [0.2, 0.25) is 12.7 Å². The first kappa shape index (κ1) is 16.2. The van der Waals surface area contributed by atoms with Crippen LogP contribution >= 0.6 is 0 Å². The fourth-order valence-corrected chi connectivity index (χ4v) is 2.85. The Hall–Kier alpha value is -3.28. The summed E-state index contributed by atoms with van der Waals surface area (Å²) in [5.74, 6) is 2.08. The molecule has 0 saturated carbocycles. The van der Waals surface area contributed by atoms with Crippen molar-refractivity contribution in [1.29, 1.82) is 0 Å². The van der Waals surface area contributed by atoms with Crippen LogP contribution in [0.1, 0.15) is 27.4 Å². The van der Waals surface area contributed by atoms with Gasteiger partial charge in [-0.05, 0) is 43.2 Å². The molecule has 0 radical (unpaired) electrons. The standard InChI is InChI=1S/C20H18N2O4/c1-12-5-3-4-6-15(12)20-22-18(13(2)26-20)19(23)21-10-14-7-8-16-17(9-14)25-11-24-16/h3-9H,10-11H2,1-2H3,(H,21,23). The predicted octanol–water partition coefficient (Wildman–Crippen LogP) is 3.62. The van der Waals surface area contributed by atoms with Crippen LogP contribution in [0, 0.1) is 13.8 Å². The quantitative estimate of drug-likeness (QED) is 0.778. The number of hydrogen-bond acceptors (Lipinski definition) is 5. The lowest BCUT2D eigenvalue weighted by Crippen LogP contribution is -2.23. The summed E-state index contributed by atoms with van der Waals surface area (Å²) in [5.41, 5.74) is 3.14. The van der Waals surface area contributed by atoms with Gasteiger partial charge in [0.15, 0.2) is 17.2 Å². The van der Waals surface area contributed by atoms with E-state index in [1.54, 1.807) is 6.92 Å². The summed E-state index contributed by atoms with van der Waals surface area (Å²) in [6.45, 7) is 4.31. The second-order valence-electron chi connectivity index (χ2n) is 6.11. The van der Waals surface area contributed by atoms with E-state index in [4.69, 9.17) is 13.9 Å². The van der Waals surface area contributed by atoms with Gasteiger partial charge in [0.05, 0.1) is 0 Å². The minimum atomic E-state index is -0.274. The van der Waals surface area contributed by atoms with Crippen molar-refractivity contribution in [2.45, 2.75) is 20.4 Å². The van der Waals surface area contributed by atoms with Gasteiger partial charge in [-0.25, -0.2) is 4.98 Å². The summed E-state index contributed by atoms with van der Waals surface area (Å²) in [4.78, 5) is 16.9. The van der Waals surface area contributed by atoms with Crippen molar-refractivity contribution >= 4 is 5.91 Å². The molecule has 0 aliphatic carbocycles. The fraction of sp³-hybridized carbons (Fsp3) is 0.200. The van der Waals surface area contributed by atoms with Crippen LogP contribution in [0.25, 0.3) is 11.5 Å². The van der Waals surface area contributed by atoms with Gasteiger partial charge in [-0.15, -0.1) is 0 Å². The lowest BCUT2D eigenvalue weighted by atomic mass is 10.1. The third-order valence-corrected chi connectivity index (χ3v) is 4.28. The third kappa shape index (κ3) is 3.01.